The third kappa shape index (κ3) is 3.64. The first-order valence-corrected chi connectivity index (χ1v) is 9.20. The van der Waals surface area contributed by atoms with Gasteiger partial charge in [0.1, 0.15) is 11.4 Å². The van der Waals surface area contributed by atoms with Crippen molar-refractivity contribution in [1.29, 1.82) is 0 Å². The molecule has 7 nitrogen and oxygen atoms in total. The number of phenolic OH excluding ortho intramolecular Hbond substituents is 1. The van der Waals surface area contributed by atoms with Crippen LogP contribution in [0.15, 0.2) is 54.9 Å². The van der Waals surface area contributed by atoms with Crippen molar-refractivity contribution in [3.8, 4) is 17.0 Å². The first kappa shape index (κ1) is 17.9. The van der Waals surface area contributed by atoms with Gasteiger partial charge in [-0.05, 0) is 55.3 Å². The zero-order valence-corrected chi connectivity index (χ0v) is 15.2. The van der Waals surface area contributed by atoms with E-state index in [1.165, 1.54) is 0 Å². The molecule has 1 aromatic carbocycles. The molecule has 7 heteroatoms. The van der Waals surface area contributed by atoms with Gasteiger partial charge in [-0.3, -0.25) is 19.7 Å². The SMILES string of the molecule is O=C(c1cccnc1)[C@H]1CCCN(C(=O)c2cc(-c3ccc(O)cc3)n[nH]2)C1. The number of aromatic nitrogens is 3. The fourth-order valence-corrected chi connectivity index (χ4v) is 3.50. The molecule has 0 bridgehead atoms. The number of piperidine rings is 1. The molecule has 1 aliphatic rings. The number of phenols is 1. The van der Waals surface area contributed by atoms with Gasteiger partial charge in [0, 0.05) is 42.5 Å². The maximum Gasteiger partial charge on any atom is 0.271 e. The van der Waals surface area contributed by atoms with E-state index in [-0.39, 0.29) is 23.4 Å². The van der Waals surface area contributed by atoms with Gasteiger partial charge in [0.2, 0.25) is 0 Å². The number of benzene rings is 1. The number of aromatic hydroxyl groups is 1. The molecule has 2 aromatic heterocycles. The van der Waals surface area contributed by atoms with E-state index in [1.807, 2.05) is 0 Å². The smallest absolute Gasteiger partial charge is 0.271 e. The third-order valence-electron chi connectivity index (χ3n) is 5.00. The minimum absolute atomic E-state index is 0.0278. The van der Waals surface area contributed by atoms with Crippen molar-refractivity contribution in [3.63, 3.8) is 0 Å². The van der Waals surface area contributed by atoms with E-state index in [2.05, 4.69) is 15.2 Å². The van der Waals surface area contributed by atoms with Gasteiger partial charge in [-0.15, -0.1) is 0 Å². The molecule has 1 aliphatic heterocycles. The molecular formula is C21H20N4O3. The largest absolute Gasteiger partial charge is 0.508 e. The maximum atomic E-state index is 12.9. The number of carbonyl (C=O) groups excluding carboxylic acids is 2. The monoisotopic (exact) mass is 376 g/mol. The van der Waals surface area contributed by atoms with Crippen LogP contribution in [0.25, 0.3) is 11.3 Å². The van der Waals surface area contributed by atoms with Crippen molar-refractivity contribution in [2.24, 2.45) is 5.92 Å². The van der Waals surface area contributed by atoms with Crippen LogP contribution in [0.3, 0.4) is 0 Å². The molecule has 0 saturated carbocycles. The van der Waals surface area contributed by atoms with Crippen LogP contribution in [0.4, 0.5) is 0 Å². The fourth-order valence-electron chi connectivity index (χ4n) is 3.50. The Morgan fingerprint density at radius 2 is 2.00 bits per heavy atom. The van der Waals surface area contributed by atoms with Crippen LogP contribution >= 0.6 is 0 Å². The van der Waals surface area contributed by atoms with Crippen LogP contribution in [0.5, 0.6) is 5.75 Å². The summed E-state index contributed by atoms with van der Waals surface area (Å²) in [5.41, 5.74) is 2.40. The second-order valence-corrected chi connectivity index (χ2v) is 6.91. The lowest BCUT2D eigenvalue weighted by Crippen LogP contribution is -2.42. The van der Waals surface area contributed by atoms with Gasteiger partial charge in [-0.1, -0.05) is 0 Å². The number of pyridine rings is 1. The van der Waals surface area contributed by atoms with Crippen molar-refractivity contribution in [2.45, 2.75) is 12.8 Å². The van der Waals surface area contributed by atoms with E-state index in [4.69, 9.17) is 0 Å². The van der Waals surface area contributed by atoms with E-state index in [0.29, 0.717) is 30.0 Å². The molecule has 1 atom stereocenters. The number of aromatic amines is 1. The Labute approximate surface area is 162 Å². The summed E-state index contributed by atoms with van der Waals surface area (Å²) in [7, 11) is 0. The highest BCUT2D eigenvalue weighted by Crippen LogP contribution is 2.24. The topological polar surface area (TPSA) is 99.2 Å². The van der Waals surface area contributed by atoms with E-state index in [1.54, 1.807) is 59.8 Å². The molecule has 3 aromatic rings. The summed E-state index contributed by atoms with van der Waals surface area (Å²) < 4.78 is 0. The summed E-state index contributed by atoms with van der Waals surface area (Å²) >= 11 is 0. The van der Waals surface area contributed by atoms with Gasteiger partial charge in [-0.2, -0.15) is 5.10 Å². The van der Waals surface area contributed by atoms with Crippen molar-refractivity contribution >= 4 is 11.7 Å². The van der Waals surface area contributed by atoms with E-state index >= 15 is 0 Å². The Morgan fingerprint density at radius 3 is 2.75 bits per heavy atom. The summed E-state index contributed by atoms with van der Waals surface area (Å²) in [6, 6.07) is 11.8. The van der Waals surface area contributed by atoms with Gasteiger partial charge in [0.05, 0.1) is 5.69 Å². The normalized spacial score (nSPS) is 16.7. The Kier molecular flexibility index (Phi) is 4.89. The van der Waals surface area contributed by atoms with Crippen LogP contribution in [-0.4, -0.2) is 50.0 Å². The average Bonchev–Trinajstić information content (AvgIpc) is 3.24. The summed E-state index contributed by atoms with van der Waals surface area (Å²) in [4.78, 5) is 31.3. The van der Waals surface area contributed by atoms with Crippen molar-refractivity contribution in [3.05, 3.63) is 66.1 Å². The van der Waals surface area contributed by atoms with Crippen molar-refractivity contribution in [1.82, 2.24) is 20.1 Å². The van der Waals surface area contributed by atoms with Crippen LogP contribution < -0.4 is 0 Å². The molecular weight excluding hydrogens is 356 g/mol. The first-order chi connectivity index (χ1) is 13.6. The molecule has 0 aliphatic carbocycles. The number of nitrogens with zero attached hydrogens (tertiary/aromatic N) is 3. The molecule has 28 heavy (non-hydrogen) atoms. The number of ketones is 1. The molecule has 0 unspecified atom stereocenters. The number of nitrogens with one attached hydrogen (secondary N) is 1. The fraction of sp³-hybridized carbons (Fsp3) is 0.238. The maximum absolute atomic E-state index is 12.9. The summed E-state index contributed by atoms with van der Waals surface area (Å²) in [6.45, 7) is 1.00. The van der Waals surface area contributed by atoms with Crippen LogP contribution in [-0.2, 0) is 0 Å². The minimum atomic E-state index is -0.221. The number of rotatable bonds is 4. The van der Waals surface area contributed by atoms with Gasteiger partial charge in [0.25, 0.3) is 5.91 Å². The summed E-state index contributed by atoms with van der Waals surface area (Å²) in [5, 5.41) is 16.4. The number of hydrogen-bond acceptors (Lipinski definition) is 5. The van der Waals surface area contributed by atoms with Crippen LogP contribution in [0.2, 0.25) is 0 Å². The Bertz CT molecular complexity index is 982. The van der Waals surface area contributed by atoms with Gasteiger partial charge < -0.3 is 10.0 Å². The van der Waals surface area contributed by atoms with Crippen molar-refractivity contribution in [2.75, 3.05) is 13.1 Å². The van der Waals surface area contributed by atoms with Crippen LogP contribution in [0.1, 0.15) is 33.7 Å². The lowest BCUT2D eigenvalue weighted by molar-refractivity contribution is 0.0632. The van der Waals surface area contributed by atoms with Crippen molar-refractivity contribution < 1.29 is 14.7 Å². The molecule has 3 heterocycles. The number of amides is 1. The highest BCUT2D eigenvalue weighted by molar-refractivity contribution is 5.99. The van der Waals surface area contributed by atoms with E-state index in [9.17, 15) is 14.7 Å². The lowest BCUT2D eigenvalue weighted by Gasteiger charge is -2.31. The van der Waals surface area contributed by atoms with E-state index in [0.717, 1.165) is 18.4 Å². The van der Waals surface area contributed by atoms with E-state index < -0.39 is 0 Å². The molecule has 4 rings (SSSR count). The van der Waals surface area contributed by atoms with Gasteiger partial charge in [0.15, 0.2) is 5.78 Å². The third-order valence-corrected chi connectivity index (χ3v) is 5.00. The van der Waals surface area contributed by atoms with Gasteiger partial charge >= 0.3 is 0 Å². The zero-order valence-electron chi connectivity index (χ0n) is 15.2. The second-order valence-electron chi connectivity index (χ2n) is 6.91. The van der Waals surface area contributed by atoms with Gasteiger partial charge in [-0.25, -0.2) is 0 Å². The Balaban J connectivity index is 1.47. The standard InChI is InChI=1S/C21H20N4O3/c26-17-7-5-14(6-8-17)18-11-19(24-23-18)21(28)25-10-2-4-16(13-25)20(27)15-3-1-9-22-12-15/h1,3,5-9,11-12,16,26H,2,4,10,13H2,(H,23,24)/t16-/m0/s1. The molecule has 1 saturated heterocycles. The highest BCUT2D eigenvalue weighted by Gasteiger charge is 2.30. The molecule has 0 spiro atoms. The number of likely N-dealkylation sites (tertiary alicyclic amines) is 1. The zero-order chi connectivity index (χ0) is 19.5. The lowest BCUT2D eigenvalue weighted by atomic mass is 9.90. The number of Topliss-reactive ketones (excluding diaryl/α,β-unsaturated/α-hetero) is 1. The predicted octanol–water partition coefficient (Wildman–Crippen LogP) is 2.91. The quantitative estimate of drug-likeness (QED) is 0.682. The van der Waals surface area contributed by atoms with Crippen LogP contribution in [0, 0.1) is 5.92 Å². The number of H-pyrrole nitrogens is 1. The highest BCUT2D eigenvalue weighted by atomic mass is 16.3. The first-order valence-electron chi connectivity index (χ1n) is 9.20. The molecule has 142 valence electrons. The number of hydrogen-bond donors (Lipinski definition) is 2. The molecule has 1 amide bonds. The minimum Gasteiger partial charge on any atom is -0.508 e. The molecule has 2 N–H and O–H groups in total. The predicted molar refractivity (Wildman–Crippen MR) is 103 cm³/mol. The second kappa shape index (κ2) is 7.64. The molecule has 1 fully saturated rings. The Hall–Kier alpha value is -3.48. The Morgan fingerprint density at radius 1 is 1.18 bits per heavy atom. The number of carbonyl (C=O) groups is 2. The summed E-state index contributed by atoms with van der Waals surface area (Å²) in [6.07, 6.45) is 4.75. The summed E-state index contributed by atoms with van der Waals surface area (Å²) in [5.74, 6) is -0.184. The molecule has 0 radical (unpaired) electrons. The average molecular weight is 376 g/mol.